The minimum absolute atomic E-state index is 0.0211. The Morgan fingerprint density at radius 1 is 0.905 bits per heavy atom. The number of nitrogens with one attached hydrogen (secondary N) is 2. The smallest absolute Gasteiger partial charge is 0.261 e. The molecule has 2 N–H and O–H groups in total. The summed E-state index contributed by atoms with van der Waals surface area (Å²) in [6, 6.07) is 18.8. The predicted molar refractivity (Wildman–Crippen MR) is 169 cm³/mol. The SMILES string of the molecule is O=C(Nc1ccc(C(=O)N2CCc3cc(C(=O)NC4CC4)sc3-c3cc(Br)ccc32)cc1)c1ccc(N2CCC2)nc1. The average Bonchev–Trinajstić information content (AvgIpc) is 3.71. The second-order valence-corrected chi connectivity index (χ2v) is 12.8. The second-order valence-electron chi connectivity index (χ2n) is 10.9. The topological polar surface area (TPSA) is 94.6 Å². The number of pyridine rings is 1. The summed E-state index contributed by atoms with van der Waals surface area (Å²) in [6.07, 6.45) is 5.49. The van der Waals surface area contributed by atoms with E-state index in [-0.39, 0.29) is 17.7 Å². The summed E-state index contributed by atoms with van der Waals surface area (Å²) in [6.45, 7) is 2.48. The monoisotopic (exact) mass is 641 g/mol. The van der Waals surface area contributed by atoms with Gasteiger partial charge in [0, 0.05) is 58.0 Å². The number of thiophene rings is 1. The molecule has 0 atom stereocenters. The Morgan fingerprint density at radius 3 is 2.38 bits per heavy atom. The highest BCUT2D eigenvalue weighted by Gasteiger charge is 2.29. The number of carbonyl (C=O) groups is 3. The van der Waals surface area contributed by atoms with Crippen LogP contribution in [0, 0.1) is 0 Å². The number of carbonyl (C=O) groups excluding carboxylic acids is 3. The number of rotatable bonds is 6. The van der Waals surface area contributed by atoms with Crippen molar-refractivity contribution in [3.05, 3.63) is 92.9 Å². The quantitative estimate of drug-likeness (QED) is 0.264. The molecule has 2 fully saturated rings. The Hall–Kier alpha value is -4.02. The van der Waals surface area contributed by atoms with Crippen molar-refractivity contribution >= 4 is 62.2 Å². The highest BCUT2D eigenvalue weighted by molar-refractivity contribution is 9.10. The number of fused-ring (bicyclic) bond motifs is 3. The first-order chi connectivity index (χ1) is 20.4. The number of halogens is 1. The molecule has 8 nitrogen and oxygen atoms in total. The maximum absolute atomic E-state index is 13.8. The van der Waals surface area contributed by atoms with E-state index < -0.39 is 0 Å². The first-order valence-electron chi connectivity index (χ1n) is 14.1. The molecule has 7 rings (SSSR count). The van der Waals surface area contributed by atoms with Crippen LogP contribution in [0.25, 0.3) is 10.4 Å². The summed E-state index contributed by atoms with van der Waals surface area (Å²) in [4.78, 5) is 49.5. The van der Waals surface area contributed by atoms with E-state index in [0.717, 1.165) is 57.9 Å². The van der Waals surface area contributed by atoms with E-state index in [9.17, 15) is 14.4 Å². The lowest BCUT2D eigenvalue weighted by Gasteiger charge is -2.31. The number of hydrogen-bond donors (Lipinski definition) is 2. The van der Waals surface area contributed by atoms with E-state index in [1.54, 1.807) is 41.4 Å². The highest BCUT2D eigenvalue weighted by Crippen LogP contribution is 2.43. The van der Waals surface area contributed by atoms with E-state index in [0.29, 0.717) is 40.7 Å². The number of aromatic nitrogens is 1. The molecule has 4 aromatic rings. The van der Waals surface area contributed by atoms with E-state index in [1.165, 1.54) is 17.8 Å². The lowest BCUT2D eigenvalue weighted by atomic mass is 10.1. The van der Waals surface area contributed by atoms with Crippen LogP contribution in [0.3, 0.4) is 0 Å². The molecule has 1 saturated carbocycles. The van der Waals surface area contributed by atoms with Gasteiger partial charge in [-0.05, 0) is 91.9 Å². The summed E-state index contributed by atoms with van der Waals surface area (Å²) in [5.41, 5.74) is 4.41. The van der Waals surface area contributed by atoms with Crippen LogP contribution in [0.2, 0.25) is 0 Å². The van der Waals surface area contributed by atoms with Crippen LogP contribution in [0.4, 0.5) is 17.2 Å². The normalized spacial score (nSPS) is 15.6. The Labute approximate surface area is 255 Å². The van der Waals surface area contributed by atoms with Gasteiger partial charge in [-0.1, -0.05) is 15.9 Å². The second kappa shape index (κ2) is 11.0. The first kappa shape index (κ1) is 26.9. The molecule has 0 unspecified atom stereocenters. The molecule has 3 amide bonds. The maximum atomic E-state index is 13.8. The molecule has 212 valence electrons. The summed E-state index contributed by atoms with van der Waals surface area (Å²) in [5.74, 6) is 0.494. The molecule has 2 aromatic heterocycles. The fraction of sp³-hybridized carbons (Fsp3) is 0.250. The molecule has 1 aliphatic carbocycles. The first-order valence-corrected chi connectivity index (χ1v) is 15.7. The minimum Gasteiger partial charge on any atom is -0.356 e. The molecule has 2 aliphatic heterocycles. The van der Waals surface area contributed by atoms with Gasteiger partial charge in [0.1, 0.15) is 5.82 Å². The Balaban J connectivity index is 1.08. The van der Waals surface area contributed by atoms with Crippen LogP contribution in [0.15, 0.2) is 71.3 Å². The third kappa shape index (κ3) is 5.32. The number of amides is 3. The van der Waals surface area contributed by atoms with E-state index in [4.69, 9.17) is 0 Å². The molecular formula is C32H28BrN5O3S. The van der Waals surface area contributed by atoms with E-state index in [2.05, 4.69) is 36.4 Å². The molecule has 10 heteroatoms. The van der Waals surface area contributed by atoms with E-state index in [1.807, 2.05) is 30.3 Å². The van der Waals surface area contributed by atoms with Gasteiger partial charge in [0.05, 0.1) is 16.1 Å². The molecule has 1 saturated heterocycles. The van der Waals surface area contributed by atoms with Gasteiger partial charge in [0.25, 0.3) is 17.7 Å². The Kier molecular flexibility index (Phi) is 7.03. The molecular weight excluding hydrogens is 614 g/mol. The zero-order chi connectivity index (χ0) is 28.8. The minimum atomic E-state index is -0.250. The van der Waals surface area contributed by atoms with E-state index >= 15 is 0 Å². The fourth-order valence-electron chi connectivity index (χ4n) is 5.24. The van der Waals surface area contributed by atoms with Crippen molar-refractivity contribution in [1.82, 2.24) is 10.3 Å². The number of anilines is 3. The van der Waals surface area contributed by atoms with Crippen LogP contribution < -0.4 is 20.4 Å². The Morgan fingerprint density at radius 2 is 1.69 bits per heavy atom. The van der Waals surface area contributed by atoms with Crippen LogP contribution in [0.5, 0.6) is 0 Å². The fourth-order valence-corrected chi connectivity index (χ4v) is 6.73. The van der Waals surface area contributed by atoms with Gasteiger partial charge in [-0.3, -0.25) is 14.4 Å². The summed E-state index contributed by atoms with van der Waals surface area (Å²) < 4.78 is 0.907. The number of nitrogens with zero attached hydrogens (tertiary/aromatic N) is 3. The summed E-state index contributed by atoms with van der Waals surface area (Å²) >= 11 is 5.07. The zero-order valence-electron chi connectivity index (χ0n) is 22.7. The largest absolute Gasteiger partial charge is 0.356 e. The molecule has 2 aromatic carbocycles. The van der Waals surface area contributed by atoms with Gasteiger partial charge in [-0.15, -0.1) is 11.3 Å². The van der Waals surface area contributed by atoms with Crippen molar-refractivity contribution in [2.75, 3.05) is 34.8 Å². The molecule has 4 heterocycles. The zero-order valence-corrected chi connectivity index (χ0v) is 25.1. The Bertz CT molecular complexity index is 1690. The van der Waals surface area contributed by atoms with Crippen LogP contribution >= 0.6 is 27.3 Å². The lowest BCUT2D eigenvalue weighted by Crippen LogP contribution is -2.37. The highest BCUT2D eigenvalue weighted by atomic mass is 79.9. The third-order valence-electron chi connectivity index (χ3n) is 7.87. The van der Waals surface area contributed by atoms with Crippen LogP contribution in [-0.2, 0) is 6.42 Å². The lowest BCUT2D eigenvalue weighted by molar-refractivity contribution is 0.0952. The average molecular weight is 643 g/mol. The summed E-state index contributed by atoms with van der Waals surface area (Å²) in [7, 11) is 0. The van der Waals surface area contributed by atoms with Crippen LogP contribution in [0.1, 0.15) is 55.2 Å². The molecule has 3 aliphatic rings. The van der Waals surface area contributed by atoms with Crippen molar-refractivity contribution < 1.29 is 14.4 Å². The maximum Gasteiger partial charge on any atom is 0.261 e. The van der Waals surface area contributed by atoms with Crippen molar-refractivity contribution in [2.24, 2.45) is 0 Å². The molecule has 0 radical (unpaired) electrons. The van der Waals surface area contributed by atoms with Gasteiger partial charge in [-0.25, -0.2) is 4.98 Å². The number of benzene rings is 2. The van der Waals surface area contributed by atoms with Crippen molar-refractivity contribution in [2.45, 2.75) is 31.7 Å². The van der Waals surface area contributed by atoms with Crippen molar-refractivity contribution in [3.8, 4) is 10.4 Å². The summed E-state index contributed by atoms with van der Waals surface area (Å²) in [5, 5.41) is 5.98. The number of hydrogen-bond acceptors (Lipinski definition) is 6. The molecule has 0 spiro atoms. The van der Waals surface area contributed by atoms with Gasteiger partial charge in [0.15, 0.2) is 0 Å². The predicted octanol–water partition coefficient (Wildman–Crippen LogP) is 6.13. The molecule has 0 bridgehead atoms. The van der Waals surface area contributed by atoms with Crippen molar-refractivity contribution in [3.63, 3.8) is 0 Å². The van der Waals surface area contributed by atoms with Gasteiger partial charge in [-0.2, -0.15) is 0 Å². The van der Waals surface area contributed by atoms with Crippen molar-refractivity contribution in [1.29, 1.82) is 0 Å². The standard InChI is InChI=1S/C32H28BrN5O3S/c33-22-5-10-26-25(17-22)29-20(16-27(42-29)31(40)36-24-8-9-24)12-15-38(26)32(41)19-2-6-23(7-3-19)35-30(39)21-4-11-28(34-18-21)37-13-1-14-37/h2-7,10-11,16-18,24H,1,8-9,12-15H2,(H,35,39)(H,36,40). The third-order valence-corrected chi connectivity index (χ3v) is 9.57. The van der Waals surface area contributed by atoms with Gasteiger partial charge < -0.3 is 20.4 Å². The van der Waals surface area contributed by atoms with Crippen LogP contribution in [-0.4, -0.2) is 48.4 Å². The van der Waals surface area contributed by atoms with Gasteiger partial charge >= 0.3 is 0 Å². The molecule has 42 heavy (non-hydrogen) atoms. The van der Waals surface area contributed by atoms with Gasteiger partial charge in [0.2, 0.25) is 0 Å².